The third-order valence-corrected chi connectivity index (χ3v) is 2.86. The van der Waals surface area contributed by atoms with Crippen molar-refractivity contribution in [2.45, 2.75) is 39.5 Å². The van der Waals surface area contributed by atoms with Gasteiger partial charge in [-0.05, 0) is 12.3 Å². The Balaban J connectivity index is 3.49. The molecule has 0 aromatic rings. The predicted octanol–water partition coefficient (Wildman–Crippen LogP) is 1.51. The van der Waals surface area contributed by atoms with Crippen LogP contribution in [-0.4, -0.2) is 44.0 Å². The van der Waals surface area contributed by atoms with E-state index in [1.165, 1.54) is 19.3 Å². The Morgan fingerprint density at radius 1 is 1.28 bits per heavy atom. The Morgan fingerprint density at radius 2 is 2.06 bits per heavy atom. The summed E-state index contributed by atoms with van der Waals surface area (Å²) >= 11 is 0. The molecule has 1 atom stereocenters. The molecule has 0 aromatic carbocycles. The second kappa shape index (κ2) is 12.6. The van der Waals surface area contributed by atoms with Gasteiger partial charge in [-0.25, -0.2) is 4.79 Å². The van der Waals surface area contributed by atoms with Gasteiger partial charge >= 0.3 is 6.03 Å². The van der Waals surface area contributed by atoms with Crippen LogP contribution in [0.2, 0.25) is 0 Å². The number of aliphatic hydroxyl groups excluding tert-OH is 1. The van der Waals surface area contributed by atoms with Crippen LogP contribution in [0.25, 0.3) is 0 Å². The van der Waals surface area contributed by atoms with Crippen LogP contribution in [0, 0.1) is 5.92 Å². The Hall–Kier alpha value is -0.810. The molecule has 18 heavy (non-hydrogen) atoms. The standard InChI is InChI=1S/C13H28N2O3/c1-3-5-6-12(4-2)11-15-13(17)14-7-9-18-10-8-16/h12,16H,3-11H2,1-2H3,(H2,14,15,17). The molecule has 0 aliphatic heterocycles. The van der Waals surface area contributed by atoms with Crippen molar-refractivity contribution in [2.75, 3.05) is 32.9 Å². The van der Waals surface area contributed by atoms with E-state index in [0.29, 0.717) is 25.7 Å². The quantitative estimate of drug-likeness (QED) is 0.493. The van der Waals surface area contributed by atoms with Crippen molar-refractivity contribution in [3.05, 3.63) is 0 Å². The maximum atomic E-state index is 11.4. The average Bonchev–Trinajstić information content (AvgIpc) is 2.39. The van der Waals surface area contributed by atoms with Crippen molar-refractivity contribution in [2.24, 2.45) is 5.92 Å². The van der Waals surface area contributed by atoms with Crippen LogP contribution in [0.3, 0.4) is 0 Å². The molecule has 0 aliphatic rings. The molecule has 0 spiro atoms. The lowest BCUT2D eigenvalue weighted by molar-refractivity contribution is 0.0947. The number of carbonyl (C=O) groups excluding carboxylic acids is 1. The summed E-state index contributed by atoms with van der Waals surface area (Å²) in [5.74, 6) is 0.571. The van der Waals surface area contributed by atoms with Gasteiger partial charge < -0.3 is 20.5 Å². The molecule has 2 amide bonds. The molecule has 0 aromatic heterocycles. The van der Waals surface area contributed by atoms with Gasteiger partial charge in [-0.15, -0.1) is 0 Å². The molecule has 0 radical (unpaired) electrons. The lowest BCUT2D eigenvalue weighted by Gasteiger charge is -2.15. The van der Waals surface area contributed by atoms with Crippen LogP contribution in [0.15, 0.2) is 0 Å². The minimum Gasteiger partial charge on any atom is -0.394 e. The third kappa shape index (κ3) is 10.4. The maximum absolute atomic E-state index is 11.4. The van der Waals surface area contributed by atoms with Crippen LogP contribution < -0.4 is 10.6 Å². The molecule has 0 bridgehead atoms. The molecule has 5 nitrogen and oxygen atoms in total. The molecular formula is C13H28N2O3. The smallest absolute Gasteiger partial charge is 0.314 e. The number of carbonyl (C=O) groups is 1. The highest BCUT2D eigenvalue weighted by Gasteiger charge is 2.07. The Kier molecular flexibility index (Phi) is 12.1. The number of amides is 2. The topological polar surface area (TPSA) is 70.6 Å². The van der Waals surface area contributed by atoms with E-state index in [2.05, 4.69) is 24.5 Å². The largest absolute Gasteiger partial charge is 0.394 e. The first kappa shape index (κ1) is 17.2. The second-order valence-electron chi connectivity index (χ2n) is 4.39. The molecule has 0 saturated carbocycles. The lowest BCUT2D eigenvalue weighted by atomic mass is 9.99. The summed E-state index contributed by atoms with van der Waals surface area (Å²) in [6, 6.07) is -0.141. The van der Waals surface area contributed by atoms with E-state index in [4.69, 9.17) is 9.84 Å². The summed E-state index contributed by atoms with van der Waals surface area (Å²) in [6.07, 6.45) is 4.69. The minimum absolute atomic E-state index is 0.0157. The van der Waals surface area contributed by atoms with Gasteiger partial charge in [-0.3, -0.25) is 0 Å². The average molecular weight is 260 g/mol. The Labute approximate surface area is 110 Å². The Bertz CT molecular complexity index is 201. The predicted molar refractivity (Wildman–Crippen MR) is 72.6 cm³/mol. The summed E-state index contributed by atoms with van der Waals surface area (Å²) in [5, 5.41) is 14.1. The molecule has 0 aliphatic carbocycles. The number of urea groups is 1. The van der Waals surface area contributed by atoms with Gasteiger partial charge in [0.1, 0.15) is 0 Å². The molecule has 1 unspecified atom stereocenters. The van der Waals surface area contributed by atoms with Crippen LogP contribution >= 0.6 is 0 Å². The molecule has 5 heteroatoms. The number of aliphatic hydroxyl groups is 1. The van der Waals surface area contributed by atoms with Gasteiger partial charge in [0.25, 0.3) is 0 Å². The first-order chi connectivity index (χ1) is 8.74. The van der Waals surface area contributed by atoms with Gasteiger partial charge in [-0.1, -0.05) is 33.1 Å². The fourth-order valence-corrected chi connectivity index (χ4v) is 1.65. The van der Waals surface area contributed by atoms with E-state index >= 15 is 0 Å². The number of nitrogens with one attached hydrogen (secondary N) is 2. The van der Waals surface area contributed by atoms with E-state index in [1.54, 1.807) is 0 Å². The number of unbranched alkanes of at least 4 members (excludes halogenated alkanes) is 1. The van der Waals surface area contributed by atoms with E-state index in [0.717, 1.165) is 13.0 Å². The van der Waals surface area contributed by atoms with E-state index < -0.39 is 0 Å². The minimum atomic E-state index is -0.141. The summed E-state index contributed by atoms with van der Waals surface area (Å²) in [6.45, 7) is 6.31. The molecule has 0 heterocycles. The first-order valence-electron chi connectivity index (χ1n) is 6.94. The summed E-state index contributed by atoms with van der Waals surface area (Å²) in [5.41, 5.74) is 0. The van der Waals surface area contributed by atoms with Crippen LogP contribution in [0.5, 0.6) is 0 Å². The zero-order valence-corrected chi connectivity index (χ0v) is 11.7. The molecule has 0 saturated heterocycles. The van der Waals surface area contributed by atoms with Crippen molar-refractivity contribution in [1.82, 2.24) is 10.6 Å². The van der Waals surface area contributed by atoms with Gasteiger partial charge in [-0.2, -0.15) is 0 Å². The highest BCUT2D eigenvalue weighted by molar-refractivity contribution is 5.73. The van der Waals surface area contributed by atoms with Crippen molar-refractivity contribution >= 4 is 6.03 Å². The highest BCUT2D eigenvalue weighted by Crippen LogP contribution is 2.10. The molecular weight excluding hydrogens is 232 g/mol. The van der Waals surface area contributed by atoms with Crippen molar-refractivity contribution in [3.63, 3.8) is 0 Å². The number of ether oxygens (including phenoxy) is 1. The van der Waals surface area contributed by atoms with Gasteiger partial charge in [0.05, 0.1) is 19.8 Å². The highest BCUT2D eigenvalue weighted by atomic mass is 16.5. The SMILES string of the molecule is CCCCC(CC)CNC(=O)NCCOCCO. The summed E-state index contributed by atoms with van der Waals surface area (Å²) in [4.78, 5) is 11.4. The van der Waals surface area contributed by atoms with Crippen LogP contribution in [0.1, 0.15) is 39.5 Å². The second-order valence-corrected chi connectivity index (χ2v) is 4.39. The van der Waals surface area contributed by atoms with Gasteiger partial charge in [0, 0.05) is 13.1 Å². The monoisotopic (exact) mass is 260 g/mol. The molecule has 0 rings (SSSR count). The zero-order valence-electron chi connectivity index (χ0n) is 11.7. The van der Waals surface area contributed by atoms with Gasteiger partial charge in [0.15, 0.2) is 0 Å². The third-order valence-electron chi connectivity index (χ3n) is 2.86. The lowest BCUT2D eigenvalue weighted by Crippen LogP contribution is -2.39. The Morgan fingerprint density at radius 3 is 2.67 bits per heavy atom. The number of hydrogen-bond donors (Lipinski definition) is 3. The van der Waals surface area contributed by atoms with Gasteiger partial charge in [0.2, 0.25) is 0 Å². The van der Waals surface area contributed by atoms with E-state index in [9.17, 15) is 4.79 Å². The normalized spacial score (nSPS) is 12.2. The van der Waals surface area contributed by atoms with E-state index in [1.807, 2.05) is 0 Å². The number of rotatable bonds is 11. The molecule has 0 fully saturated rings. The van der Waals surface area contributed by atoms with Crippen molar-refractivity contribution in [1.29, 1.82) is 0 Å². The number of hydrogen-bond acceptors (Lipinski definition) is 3. The van der Waals surface area contributed by atoms with Crippen molar-refractivity contribution in [3.8, 4) is 0 Å². The fourth-order valence-electron chi connectivity index (χ4n) is 1.65. The maximum Gasteiger partial charge on any atom is 0.314 e. The van der Waals surface area contributed by atoms with Crippen LogP contribution in [-0.2, 0) is 4.74 Å². The molecule has 3 N–H and O–H groups in total. The fraction of sp³-hybridized carbons (Fsp3) is 0.923. The summed E-state index contributed by atoms with van der Waals surface area (Å²) in [7, 11) is 0. The zero-order chi connectivity index (χ0) is 13.6. The van der Waals surface area contributed by atoms with E-state index in [-0.39, 0.29) is 12.6 Å². The first-order valence-corrected chi connectivity index (χ1v) is 6.94. The summed E-state index contributed by atoms with van der Waals surface area (Å²) < 4.78 is 5.04. The van der Waals surface area contributed by atoms with Crippen molar-refractivity contribution < 1.29 is 14.6 Å². The van der Waals surface area contributed by atoms with Crippen LogP contribution in [0.4, 0.5) is 4.79 Å². The molecule has 108 valence electrons.